The maximum Gasteiger partial charge on any atom is 0.198 e. The molecule has 0 amide bonds. The number of ether oxygens (including phenoxy) is 2. The summed E-state index contributed by atoms with van der Waals surface area (Å²) in [6, 6.07) is 11.8. The Kier molecular flexibility index (Phi) is 8.95. The molecule has 5 nitrogen and oxygen atoms in total. The fraction of sp³-hybridized carbons (Fsp3) is 0.581. The number of hydrogen-bond acceptors (Lipinski definition) is 5. The van der Waals surface area contributed by atoms with E-state index in [9.17, 15) is 4.79 Å². The van der Waals surface area contributed by atoms with Gasteiger partial charge in [-0.05, 0) is 102 Å². The highest BCUT2D eigenvalue weighted by atomic mass is 16.5. The summed E-state index contributed by atoms with van der Waals surface area (Å²) in [6.07, 6.45) is 12.2. The fourth-order valence-electron chi connectivity index (χ4n) is 6.12. The van der Waals surface area contributed by atoms with Crippen LogP contribution in [0.3, 0.4) is 0 Å². The molecule has 5 heteroatoms. The van der Waals surface area contributed by atoms with E-state index in [0.717, 1.165) is 73.3 Å². The van der Waals surface area contributed by atoms with E-state index in [1.54, 1.807) is 0 Å². The molecule has 2 aromatic carbocycles. The molecule has 2 heterocycles. The van der Waals surface area contributed by atoms with Crippen LogP contribution in [0, 0.1) is 11.8 Å². The SMILES string of the molecule is O=C1c2cccc(OCCCCC3CCNCC3)c2-c2cccc(OCCCCC3CCNCC3)c21. The van der Waals surface area contributed by atoms with Gasteiger partial charge in [-0.3, -0.25) is 4.79 Å². The van der Waals surface area contributed by atoms with Crippen LogP contribution < -0.4 is 20.1 Å². The minimum absolute atomic E-state index is 0.0571. The number of piperidine rings is 2. The zero-order valence-electron chi connectivity index (χ0n) is 21.7. The number of benzene rings is 2. The summed E-state index contributed by atoms with van der Waals surface area (Å²) in [7, 11) is 0. The summed E-state index contributed by atoms with van der Waals surface area (Å²) in [5.74, 6) is 3.30. The van der Waals surface area contributed by atoms with Crippen molar-refractivity contribution in [2.24, 2.45) is 11.8 Å². The van der Waals surface area contributed by atoms with Crippen molar-refractivity contribution in [2.45, 2.75) is 64.2 Å². The van der Waals surface area contributed by atoms with Gasteiger partial charge >= 0.3 is 0 Å². The first kappa shape index (κ1) is 25.3. The lowest BCUT2D eigenvalue weighted by atomic mass is 9.93. The van der Waals surface area contributed by atoms with Gasteiger partial charge in [0.15, 0.2) is 5.78 Å². The summed E-state index contributed by atoms with van der Waals surface area (Å²) in [6.45, 7) is 5.99. The second-order valence-corrected chi connectivity index (χ2v) is 10.8. The summed E-state index contributed by atoms with van der Waals surface area (Å²) in [4.78, 5) is 13.4. The third-order valence-electron chi connectivity index (χ3n) is 8.24. The summed E-state index contributed by atoms with van der Waals surface area (Å²) in [5.41, 5.74) is 3.33. The van der Waals surface area contributed by atoms with E-state index in [4.69, 9.17) is 9.47 Å². The van der Waals surface area contributed by atoms with E-state index in [2.05, 4.69) is 10.6 Å². The van der Waals surface area contributed by atoms with Crippen LogP contribution in [0.4, 0.5) is 0 Å². The smallest absolute Gasteiger partial charge is 0.198 e. The molecule has 1 aliphatic carbocycles. The first-order chi connectivity index (χ1) is 17.8. The average molecular weight is 491 g/mol. The summed E-state index contributed by atoms with van der Waals surface area (Å²) in [5, 5.41) is 6.88. The molecule has 5 rings (SSSR count). The maximum absolute atomic E-state index is 13.4. The molecule has 2 fully saturated rings. The molecule has 36 heavy (non-hydrogen) atoms. The third-order valence-corrected chi connectivity index (χ3v) is 8.24. The normalized spacial score (nSPS) is 18.2. The highest BCUT2D eigenvalue weighted by molar-refractivity contribution is 6.24. The second-order valence-electron chi connectivity index (χ2n) is 10.8. The van der Waals surface area contributed by atoms with Gasteiger partial charge in [0.1, 0.15) is 11.5 Å². The first-order valence-corrected chi connectivity index (χ1v) is 14.3. The second kappa shape index (κ2) is 12.7. The Hall–Kier alpha value is -2.37. The van der Waals surface area contributed by atoms with Crippen molar-refractivity contribution >= 4 is 5.78 Å². The van der Waals surface area contributed by atoms with Crippen molar-refractivity contribution in [1.29, 1.82) is 0 Å². The fourth-order valence-corrected chi connectivity index (χ4v) is 6.12. The molecule has 2 saturated heterocycles. The van der Waals surface area contributed by atoms with Gasteiger partial charge in [0.2, 0.25) is 0 Å². The number of rotatable bonds is 12. The van der Waals surface area contributed by atoms with Crippen molar-refractivity contribution in [3.63, 3.8) is 0 Å². The number of carbonyl (C=O) groups excluding carboxylic acids is 1. The molecular weight excluding hydrogens is 448 g/mol. The predicted molar refractivity (Wildman–Crippen MR) is 145 cm³/mol. The van der Waals surface area contributed by atoms with Crippen LogP contribution in [0.2, 0.25) is 0 Å². The van der Waals surface area contributed by atoms with Gasteiger partial charge in [0.25, 0.3) is 0 Å². The van der Waals surface area contributed by atoms with Crippen molar-refractivity contribution in [3.05, 3.63) is 47.5 Å². The lowest BCUT2D eigenvalue weighted by Crippen LogP contribution is -2.27. The molecule has 0 spiro atoms. The van der Waals surface area contributed by atoms with Gasteiger partial charge in [0, 0.05) is 16.7 Å². The van der Waals surface area contributed by atoms with E-state index in [0.29, 0.717) is 24.5 Å². The molecule has 0 atom stereocenters. The van der Waals surface area contributed by atoms with Gasteiger partial charge in [0.05, 0.1) is 18.8 Å². The number of carbonyl (C=O) groups is 1. The van der Waals surface area contributed by atoms with E-state index >= 15 is 0 Å². The number of nitrogens with one attached hydrogen (secondary N) is 2. The Balaban J connectivity index is 1.15. The van der Waals surface area contributed by atoms with Gasteiger partial charge < -0.3 is 20.1 Å². The Labute approximate surface area is 216 Å². The monoisotopic (exact) mass is 490 g/mol. The highest BCUT2D eigenvalue weighted by Gasteiger charge is 2.32. The van der Waals surface area contributed by atoms with Crippen molar-refractivity contribution < 1.29 is 14.3 Å². The quantitative estimate of drug-likeness (QED) is 0.305. The van der Waals surface area contributed by atoms with E-state index in [1.165, 1.54) is 51.4 Å². The molecule has 0 radical (unpaired) electrons. The number of ketones is 1. The van der Waals surface area contributed by atoms with Crippen LogP contribution in [0.5, 0.6) is 11.5 Å². The molecule has 3 aliphatic rings. The molecule has 194 valence electrons. The molecule has 2 aliphatic heterocycles. The molecular formula is C31H42N2O3. The van der Waals surface area contributed by atoms with Gasteiger partial charge in [-0.25, -0.2) is 0 Å². The lowest BCUT2D eigenvalue weighted by molar-refractivity contribution is 0.103. The molecule has 0 saturated carbocycles. The van der Waals surface area contributed by atoms with Crippen LogP contribution in [0.25, 0.3) is 11.1 Å². The third kappa shape index (κ3) is 6.12. The van der Waals surface area contributed by atoms with E-state index in [-0.39, 0.29) is 5.78 Å². The number of fused-ring (bicyclic) bond motifs is 3. The van der Waals surface area contributed by atoms with Crippen molar-refractivity contribution in [1.82, 2.24) is 10.6 Å². The van der Waals surface area contributed by atoms with Crippen molar-refractivity contribution in [2.75, 3.05) is 39.4 Å². The molecule has 2 aromatic rings. The van der Waals surface area contributed by atoms with Gasteiger partial charge in [-0.15, -0.1) is 0 Å². The average Bonchev–Trinajstić information content (AvgIpc) is 3.23. The standard InChI is InChI=1S/C31H42N2O3/c34-31-26-10-6-11-27(35-21-3-1-7-23-13-17-32-18-14-23)29(26)25-9-5-12-28(30(25)31)36-22-4-2-8-24-15-19-33-20-16-24/h5-6,9-12,23-24,32-33H,1-4,7-8,13-22H2. The van der Waals surface area contributed by atoms with Crippen LogP contribution >= 0.6 is 0 Å². The first-order valence-electron chi connectivity index (χ1n) is 14.3. The zero-order valence-corrected chi connectivity index (χ0v) is 21.7. The highest BCUT2D eigenvalue weighted by Crippen LogP contribution is 2.45. The van der Waals surface area contributed by atoms with Crippen molar-refractivity contribution in [3.8, 4) is 22.6 Å². The van der Waals surface area contributed by atoms with Crippen LogP contribution in [0.1, 0.15) is 80.1 Å². The van der Waals surface area contributed by atoms with Gasteiger partial charge in [-0.2, -0.15) is 0 Å². The lowest BCUT2D eigenvalue weighted by Gasteiger charge is -2.22. The summed E-state index contributed by atoms with van der Waals surface area (Å²) >= 11 is 0. The van der Waals surface area contributed by atoms with E-state index < -0.39 is 0 Å². The Morgan fingerprint density at radius 1 is 0.639 bits per heavy atom. The van der Waals surface area contributed by atoms with Crippen LogP contribution in [0.15, 0.2) is 36.4 Å². The predicted octanol–water partition coefficient (Wildman–Crippen LogP) is 6.00. The van der Waals surface area contributed by atoms with Crippen LogP contribution in [-0.2, 0) is 0 Å². The summed E-state index contributed by atoms with van der Waals surface area (Å²) < 4.78 is 12.4. The Morgan fingerprint density at radius 3 is 1.69 bits per heavy atom. The molecule has 0 aromatic heterocycles. The topological polar surface area (TPSA) is 59.6 Å². The van der Waals surface area contributed by atoms with E-state index in [1.807, 2.05) is 36.4 Å². The number of unbranched alkanes of at least 4 members (excludes halogenated alkanes) is 2. The molecule has 2 N–H and O–H groups in total. The number of hydrogen-bond donors (Lipinski definition) is 2. The minimum atomic E-state index is 0.0571. The minimum Gasteiger partial charge on any atom is -0.493 e. The van der Waals surface area contributed by atoms with Crippen LogP contribution in [-0.4, -0.2) is 45.2 Å². The largest absolute Gasteiger partial charge is 0.493 e. The Morgan fingerprint density at radius 2 is 1.14 bits per heavy atom. The van der Waals surface area contributed by atoms with Gasteiger partial charge in [-0.1, -0.05) is 37.1 Å². The maximum atomic E-state index is 13.4. The molecule has 0 unspecified atom stereocenters. The zero-order chi connectivity index (χ0) is 24.6. The Bertz CT molecular complexity index is 1010. The molecule has 0 bridgehead atoms.